The van der Waals surface area contributed by atoms with E-state index >= 15 is 0 Å². The van der Waals surface area contributed by atoms with E-state index in [1.54, 1.807) is 13.0 Å². The highest BCUT2D eigenvalue weighted by Crippen LogP contribution is 2.15. The van der Waals surface area contributed by atoms with Crippen molar-refractivity contribution in [3.8, 4) is 0 Å². The topological polar surface area (TPSA) is 12.9 Å². The fourth-order valence-electron chi connectivity index (χ4n) is 2.13. The number of hydrogen-bond donors (Lipinski definition) is 0. The van der Waals surface area contributed by atoms with Gasteiger partial charge in [-0.05, 0) is 48.4 Å². The van der Waals surface area contributed by atoms with Gasteiger partial charge in [0, 0.05) is 5.39 Å². The Balaban J connectivity index is 1.91. The van der Waals surface area contributed by atoms with Crippen LogP contribution in [0, 0.1) is 12.7 Å². The van der Waals surface area contributed by atoms with Gasteiger partial charge >= 0.3 is 0 Å². The van der Waals surface area contributed by atoms with Crippen LogP contribution in [-0.2, 0) is 0 Å². The van der Waals surface area contributed by atoms with E-state index < -0.39 is 0 Å². The van der Waals surface area contributed by atoms with E-state index in [2.05, 4.69) is 11.1 Å². The second-order valence-electron chi connectivity index (χ2n) is 4.77. The molecule has 1 nitrogen and oxygen atoms in total. The number of aryl methyl sites for hydroxylation is 1. The smallest absolute Gasteiger partial charge is 0.126 e. The van der Waals surface area contributed by atoms with E-state index in [0.29, 0.717) is 5.56 Å². The molecule has 0 unspecified atom stereocenters. The normalized spacial score (nSPS) is 11.3. The lowest BCUT2D eigenvalue weighted by molar-refractivity contribution is 0.618. The first-order valence-electron chi connectivity index (χ1n) is 6.52. The monoisotopic (exact) mass is 263 g/mol. The molecule has 1 heterocycles. The van der Waals surface area contributed by atoms with Crippen molar-refractivity contribution >= 4 is 23.1 Å². The second kappa shape index (κ2) is 5.25. The average molecular weight is 263 g/mol. The van der Waals surface area contributed by atoms with E-state index in [4.69, 9.17) is 0 Å². The Hall–Kier alpha value is -2.48. The van der Waals surface area contributed by atoms with E-state index in [1.807, 2.05) is 48.6 Å². The molecule has 0 saturated carbocycles. The van der Waals surface area contributed by atoms with Crippen molar-refractivity contribution in [2.45, 2.75) is 6.92 Å². The van der Waals surface area contributed by atoms with Crippen LogP contribution in [0.2, 0.25) is 0 Å². The first kappa shape index (κ1) is 12.5. The number of pyridine rings is 1. The van der Waals surface area contributed by atoms with Gasteiger partial charge in [0.2, 0.25) is 0 Å². The van der Waals surface area contributed by atoms with Gasteiger partial charge in [-0.25, -0.2) is 9.37 Å². The zero-order valence-electron chi connectivity index (χ0n) is 11.2. The molecule has 0 aliphatic rings. The van der Waals surface area contributed by atoms with Gasteiger partial charge < -0.3 is 0 Å². The van der Waals surface area contributed by atoms with Crippen LogP contribution in [0.25, 0.3) is 23.1 Å². The van der Waals surface area contributed by atoms with Gasteiger partial charge in [-0.1, -0.05) is 36.4 Å². The van der Waals surface area contributed by atoms with Crippen LogP contribution in [0.3, 0.4) is 0 Å². The molecule has 0 radical (unpaired) electrons. The van der Waals surface area contributed by atoms with Crippen LogP contribution in [-0.4, -0.2) is 4.98 Å². The average Bonchev–Trinajstić information content (AvgIpc) is 2.48. The molecule has 1 aromatic heterocycles. The number of benzene rings is 2. The number of fused-ring (bicyclic) bond motifs is 1. The number of hydrogen-bond acceptors (Lipinski definition) is 1. The van der Waals surface area contributed by atoms with Crippen LogP contribution in [0.1, 0.15) is 16.8 Å². The van der Waals surface area contributed by atoms with Crippen LogP contribution in [0.4, 0.5) is 4.39 Å². The minimum Gasteiger partial charge on any atom is -0.248 e. The Kier molecular flexibility index (Phi) is 3.30. The molecule has 98 valence electrons. The van der Waals surface area contributed by atoms with Crippen molar-refractivity contribution in [2.24, 2.45) is 0 Å². The Morgan fingerprint density at radius 1 is 0.950 bits per heavy atom. The lowest BCUT2D eigenvalue weighted by Crippen LogP contribution is -1.84. The summed E-state index contributed by atoms with van der Waals surface area (Å²) in [7, 11) is 0. The van der Waals surface area contributed by atoms with Gasteiger partial charge in [-0.15, -0.1) is 0 Å². The SMILES string of the molecule is Cc1cc(C=Cc2ccc3ccccc3n2)ccc1F. The number of halogens is 1. The molecule has 0 aliphatic carbocycles. The lowest BCUT2D eigenvalue weighted by Gasteiger charge is -2.00. The summed E-state index contributed by atoms with van der Waals surface area (Å²) in [6, 6.07) is 17.1. The van der Waals surface area contributed by atoms with E-state index in [9.17, 15) is 4.39 Å². The Labute approximate surface area is 117 Å². The predicted octanol–water partition coefficient (Wildman–Crippen LogP) is 4.85. The zero-order chi connectivity index (χ0) is 13.9. The van der Waals surface area contributed by atoms with Gasteiger partial charge in [0.25, 0.3) is 0 Å². The third-order valence-corrected chi connectivity index (χ3v) is 3.25. The van der Waals surface area contributed by atoms with Gasteiger partial charge in [0.15, 0.2) is 0 Å². The van der Waals surface area contributed by atoms with Gasteiger partial charge in [0.1, 0.15) is 5.82 Å². The lowest BCUT2D eigenvalue weighted by atomic mass is 10.1. The van der Waals surface area contributed by atoms with Crippen molar-refractivity contribution < 1.29 is 4.39 Å². The van der Waals surface area contributed by atoms with E-state index in [-0.39, 0.29) is 5.82 Å². The van der Waals surface area contributed by atoms with Crippen molar-refractivity contribution in [1.29, 1.82) is 0 Å². The van der Waals surface area contributed by atoms with Crippen LogP contribution >= 0.6 is 0 Å². The summed E-state index contributed by atoms with van der Waals surface area (Å²) in [5.41, 5.74) is 3.49. The summed E-state index contributed by atoms with van der Waals surface area (Å²) in [4.78, 5) is 4.57. The molecular formula is C18H14FN. The Bertz CT molecular complexity index is 790. The molecule has 2 aromatic carbocycles. The summed E-state index contributed by atoms with van der Waals surface area (Å²) in [5, 5.41) is 1.13. The highest BCUT2D eigenvalue weighted by molar-refractivity contribution is 5.80. The second-order valence-corrected chi connectivity index (χ2v) is 4.77. The summed E-state index contributed by atoms with van der Waals surface area (Å²) in [6.45, 7) is 1.76. The van der Waals surface area contributed by atoms with E-state index in [1.165, 1.54) is 6.07 Å². The number of rotatable bonds is 2. The largest absolute Gasteiger partial charge is 0.248 e. The Morgan fingerprint density at radius 3 is 2.65 bits per heavy atom. The summed E-state index contributed by atoms with van der Waals surface area (Å²) in [5.74, 6) is -0.175. The first-order valence-corrected chi connectivity index (χ1v) is 6.52. The van der Waals surface area contributed by atoms with Crippen molar-refractivity contribution in [3.63, 3.8) is 0 Å². The first-order chi connectivity index (χ1) is 9.72. The minimum atomic E-state index is -0.175. The molecule has 0 fully saturated rings. The molecule has 0 amide bonds. The highest BCUT2D eigenvalue weighted by Gasteiger charge is 1.97. The summed E-state index contributed by atoms with van der Waals surface area (Å²) in [6.07, 6.45) is 3.89. The maximum absolute atomic E-state index is 13.2. The molecule has 2 heteroatoms. The molecule has 0 bridgehead atoms. The third kappa shape index (κ3) is 2.59. The standard InChI is InChI=1S/C18H14FN/c1-13-12-14(7-11-17(13)19)6-9-16-10-8-15-4-2-3-5-18(15)20-16/h2-12H,1H3. The van der Waals surface area contributed by atoms with Crippen molar-refractivity contribution in [3.05, 3.63) is 77.2 Å². The molecule has 20 heavy (non-hydrogen) atoms. The van der Waals surface area contributed by atoms with Crippen molar-refractivity contribution in [1.82, 2.24) is 4.98 Å². The minimum absolute atomic E-state index is 0.175. The van der Waals surface area contributed by atoms with Crippen LogP contribution in [0.5, 0.6) is 0 Å². The molecule has 0 N–H and O–H groups in total. The quantitative estimate of drug-likeness (QED) is 0.644. The molecular weight excluding hydrogens is 249 g/mol. The molecule has 0 atom stereocenters. The van der Waals surface area contributed by atoms with Crippen molar-refractivity contribution in [2.75, 3.05) is 0 Å². The fourth-order valence-corrected chi connectivity index (χ4v) is 2.13. The van der Waals surface area contributed by atoms with Crippen LogP contribution in [0.15, 0.2) is 54.6 Å². The van der Waals surface area contributed by atoms with Gasteiger partial charge in [-0.3, -0.25) is 0 Å². The Morgan fingerprint density at radius 2 is 1.80 bits per heavy atom. The third-order valence-electron chi connectivity index (χ3n) is 3.25. The molecule has 3 rings (SSSR count). The number of aromatic nitrogens is 1. The fraction of sp³-hybridized carbons (Fsp3) is 0.0556. The number of nitrogens with zero attached hydrogens (tertiary/aromatic N) is 1. The predicted molar refractivity (Wildman–Crippen MR) is 81.8 cm³/mol. The number of para-hydroxylation sites is 1. The summed E-state index contributed by atoms with van der Waals surface area (Å²) < 4.78 is 13.2. The van der Waals surface area contributed by atoms with E-state index in [0.717, 1.165) is 22.2 Å². The maximum Gasteiger partial charge on any atom is 0.126 e. The highest BCUT2D eigenvalue weighted by atomic mass is 19.1. The maximum atomic E-state index is 13.2. The van der Waals surface area contributed by atoms with Gasteiger partial charge in [0.05, 0.1) is 11.2 Å². The zero-order valence-corrected chi connectivity index (χ0v) is 11.2. The summed E-state index contributed by atoms with van der Waals surface area (Å²) >= 11 is 0. The van der Waals surface area contributed by atoms with Gasteiger partial charge in [-0.2, -0.15) is 0 Å². The van der Waals surface area contributed by atoms with Crippen LogP contribution < -0.4 is 0 Å². The molecule has 3 aromatic rings. The molecule has 0 spiro atoms. The molecule has 0 saturated heterocycles. The molecule has 0 aliphatic heterocycles.